The van der Waals surface area contributed by atoms with E-state index < -0.39 is 0 Å². The summed E-state index contributed by atoms with van der Waals surface area (Å²) in [6, 6.07) is 6.98. The Morgan fingerprint density at radius 1 is 1.13 bits per heavy atom. The van der Waals surface area contributed by atoms with Gasteiger partial charge in [0.15, 0.2) is 11.0 Å². The molecule has 2 aromatic rings. The van der Waals surface area contributed by atoms with Gasteiger partial charge >= 0.3 is 0 Å². The van der Waals surface area contributed by atoms with E-state index >= 15 is 0 Å². The van der Waals surface area contributed by atoms with E-state index in [1.807, 2.05) is 17.9 Å². The summed E-state index contributed by atoms with van der Waals surface area (Å²) >= 11 is 1.46. The summed E-state index contributed by atoms with van der Waals surface area (Å²) in [7, 11) is 0. The zero-order valence-corrected chi connectivity index (χ0v) is 19.3. The molecule has 0 spiro atoms. The number of likely N-dealkylation sites (N-methyl/N-ethyl adjacent to an activating group) is 1. The summed E-state index contributed by atoms with van der Waals surface area (Å²) in [5.41, 5.74) is 0.474. The van der Waals surface area contributed by atoms with Crippen LogP contribution in [0.5, 0.6) is 0 Å². The van der Waals surface area contributed by atoms with Crippen molar-refractivity contribution in [3.63, 3.8) is 0 Å². The fourth-order valence-electron chi connectivity index (χ4n) is 4.60. The summed E-state index contributed by atoms with van der Waals surface area (Å²) in [4.78, 5) is 17.4. The van der Waals surface area contributed by atoms with Crippen LogP contribution in [0.1, 0.15) is 52.0 Å². The molecule has 31 heavy (non-hydrogen) atoms. The molecule has 1 aliphatic carbocycles. The minimum Gasteiger partial charge on any atom is -0.339 e. The molecule has 1 saturated heterocycles. The molecule has 168 valence electrons. The number of aromatic nitrogens is 3. The van der Waals surface area contributed by atoms with Crippen LogP contribution in [0.15, 0.2) is 29.4 Å². The fourth-order valence-corrected chi connectivity index (χ4v) is 5.61. The van der Waals surface area contributed by atoms with Gasteiger partial charge in [-0.3, -0.25) is 9.36 Å². The molecule has 4 rings (SSSR count). The van der Waals surface area contributed by atoms with Crippen LogP contribution in [0.4, 0.5) is 4.39 Å². The number of carbonyl (C=O) groups excluding carboxylic acids is 1. The van der Waals surface area contributed by atoms with Crippen molar-refractivity contribution >= 4 is 17.7 Å². The molecule has 0 bridgehead atoms. The standard InChI is InChI=1S/C23H32FN5OS/c1-3-27-13-15-28(16-14-27)22(30)17(2)31-23-26-25-21(19-11-7-8-12-20(19)24)29(23)18-9-5-4-6-10-18/h7-8,11-12,17-18H,3-6,9-10,13-16H2,1-2H3. The molecular weight excluding hydrogens is 413 g/mol. The molecule has 1 atom stereocenters. The maximum atomic E-state index is 14.6. The summed E-state index contributed by atoms with van der Waals surface area (Å²) in [5.74, 6) is 0.427. The largest absolute Gasteiger partial charge is 0.339 e. The van der Waals surface area contributed by atoms with Crippen molar-refractivity contribution in [2.24, 2.45) is 0 Å². The lowest BCUT2D eigenvalue weighted by molar-refractivity contribution is -0.132. The van der Waals surface area contributed by atoms with Gasteiger partial charge in [0, 0.05) is 32.2 Å². The summed E-state index contributed by atoms with van der Waals surface area (Å²) < 4.78 is 16.7. The highest BCUT2D eigenvalue weighted by Crippen LogP contribution is 2.37. The van der Waals surface area contributed by atoms with Crippen LogP contribution in [0.3, 0.4) is 0 Å². The minimum absolute atomic E-state index is 0.145. The molecule has 1 aromatic heterocycles. The molecule has 1 amide bonds. The monoisotopic (exact) mass is 445 g/mol. The lowest BCUT2D eigenvalue weighted by atomic mass is 9.95. The number of carbonyl (C=O) groups is 1. The molecule has 1 saturated carbocycles. The van der Waals surface area contributed by atoms with Crippen molar-refractivity contribution in [1.82, 2.24) is 24.6 Å². The minimum atomic E-state index is -0.290. The van der Waals surface area contributed by atoms with Gasteiger partial charge in [0.2, 0.25) is 5.91 Å². The maximum Gasteiger partial charge on any atom is 0.235 e. The first-order chi connectivity index (χ1) is 15.1. The Bertz CT molecular complexity index is 890. The van der Waals surface area contributed by atoms with E-state index in [1.54, 1.807) is 12.1 Å². The first-order valence-corrected chi connectivity index (χ1v) is 12.3. The third-order valence-electron chi connectivity index (χ3n) is 6.48. The normalized spacial score (nSPS) is 19.5. The number of hydrogen-bond donors (Lipinski definition) is 0. The number of nitrogens with zero attached hydrogens (tertiary/aromatic N) is 5. The molecule has 8 heteroatoms. The topological polar surface area (TPSA) is 54.3 Å². The first-order valence-electron chi connectivity index (χ1n) is 11.5. The molecular formula is C23H32FN5OS. The van der Waals surface area contributed by atoms with E-state index in [2.05, 4.69) is 26.6 Å². The van der Waals surface area contributed by atoms with Gasteiger partial charge in [-0.2, -0.15) is 0 Å². The van der Waals surface area contributed by atoms with Gasteiger partial charge in [-0.15, -0.1) is 10.2 Å². The summed E-state index contributed by atoms with van der Waals surface area (Å²) in [6.45, 7) is 8.52. The molecule has 2 heterocycles. The number of amides is 1. The molecule has 2 fully saturated rings. The second kappa shape index (κ2) is 10.1. The third kappa shape index (κ3) is 4.95. The van der Waals surface area contributed by atoms with Crippen molar-refractivity contribution in [2.75, 3.05) is 32.7 Å². The van der Waals surface area contributed by atoms with Crippen LogP contribution in [-0.2, 0) is 4.79 Å². The summed E-state index contributed by atoms with van der Waals surface area (Å²) in [6.07, 6.45) is 5.61. The smallest absolute Gasteiger partial charge is 0.235 e. The Balaban J connectivity index is 1.56. The second-order valence-corrected chi connectivity index (χ2v) is 9.78. The third-order valence-corrected chi connectivity index (χ3v) is 7.52. The molecule has 0 radical (unpaired) electrons. The highest BCUT2D eigenvalue weighted by atomic mass is 32.2. The van der Waals surface area contributed by atoms with Crippen LogP contribution < -0.4 is 0 Å². The number of thioether (sulfide) groups is 1. The van der Waals surface area contributed by atoms with Crippen LogP contribution in [0, 0.1) is 5.82 Å². The molecule has 6 nitrogen and oxygen atoms in total. The number of hydrogen-bond acceptors (Lipinski definition) is 5. The lowest BCUT2D eigenvalue weighted by Crippen LogP contribution is -2.50. The van der Waals surface area contributed by atoms with E-state index in [1.165, 1.54) is 24.2 Å². The fraction of sp³-hybridized carbons (Fsp3) is 0.609. The maximum absolute atomic E-state index is 14.6. The van der Waals surface area contributed by atoms with E-state index in [-0.39, 0.29) is 23.0 Å². The average molecular weight is 446 g/mol. The number of rotatable bonds is 6. The quantitative estimate of drug-likeness (QED) is 0.623. The van der Waals surface area contributed by atoms with Gasteiger partial charge in [0.25, 0.3) is 0 Å². The predicted molar refractivity (Wildman–Crippen MR) is 122 cm³/mol. The zero-order chi connectivity index (χ0) is 21.8. The van der Waals surface area contributed by atoms with E-state index in [0.717, 1.165) is 63.6 Å². The van der Waals surface area contributed by atoms with Gasteiger partial charge in [-0.25, -0.2) is 4.39 Å². The highest BCUT2D eigenvalue weighted by Gasteiger charge is 2.30. The van der Waals surface area contributed by atoms with Crippen LogP contribution in [-0.4, -0.2) is 68.4 Å². The highest BCUT2D eigenvalue weighted by molar-refractivity contribution is 8.00. The second-order valence-electron chi connectivity index (χ2n) is 8.47. The van der Waals surface area contributed by atoms with Crippen molar-refractivity contribution in [3.05, 3.63) is 30.1 Å². The molecule has 1 unspecified atom stereocenters. The van der Waals surface area contributed by atoms with Gasteiger partial charge in [-0.1, -0.05) is 50.1 Å². The number of benzene rings is 1. The Morgan fingerprint density at radius 2 is 1.84 bits per heavy atom. The molecule has 1 aliphatic heterocycles. The molecule has 0 N–H and O–H groups in total. The molecule has 2 aliphatic rings. The van der Waals surface area contributed by atoms with Crippen molar-refractivity contribution in [3.8, 4) is 11.4 Å². The van der Waals surface area contributed by atoms with Gasteiger partial charge in [-0.05, 0) is 38.4 Å². The van der Waals surface area contributed by atoms with Crippen LogP contribution in [0.2, 0.25) is 0 Å². The first kappa shape index (κ1) is 22.3. The number of piperazine rings is 1. The Hall–Kier alpha value is -1.93. The zero-order valence-electron chi connectivity index (χ0n) is 18.5. The number of halogens is 1. The van der Waals surface area contributed by atoms with Gasteiger partial charge in [0.05, 0.1) is 10.8 Å². The van der Waals surface area contributed by atoms with Gasteiger partial charge < -0.3 is 9.80 Å². The van der Waals surface area contributed by atoms with Crippen LogP contribution >= 0.6 is 11.8 Å². The average Bonchev–Trinajstić information content (AvgIpc) is 3.22. The molecule has 1 aromatic carbocycles. The Labute approximate surface area is 188 Å². The Morgan fingerprint density at radius 3 is 2.52 bits per heavy atom. The lowest BCUT2D eigenvalue weighted by Gasteiger charge is -2.35. The predicted octanol–water partition coefficient (Wildman–Crippen LogP) is 4.23. The van der Waals surface area contributed by atoms with Crippen molar-refractivity contribution in [2.45, 2.75) is 62.4 Å². The van der Waals surface area contributed by atoms with E-state index in [0.29, 0.717) is 11.4 Å². The SMILES string of the molecule is CCN1CCN(C(=O)C(C)Sc2nnc(-c3ccccc3F)n2C2CCCCC2)CC1. The van der Waals surface area contributed by atoms with Crippen LogP contribution in [0.25, 0.3) is 11.4 Å². The Kier molecular flexibility index (Phi) is 7.27. The van der Waals surface area contributed by atoms with E-state index in [4.69, 9.17) is 0 Å². The van der Waals surface area contributed by atoms with Crippen molar-refractivity contribution < 1.29 is 9.18 Å². The summed E-state index contributed by atoms with van der Waals surface area (Å²) in [5, 5.41) is 9.29. The van der Waals surface area contributed by atoms with Gasteiger partial charge in [0.1, 0.15) is 5.82 Å². The van der Waals surface area contributed by atoms with Crippen molar-refractivity contribution in [1.29, 1.82) is 0 Å². The van der Waals surface area contributed by atoms with E-state index in [9.17, 15) is 9.18 Å².